The lowest BCUT2D eigenvalue weighted by molar-refractivity contribution is 0.0999. The van der Waals surface area contributed by atoms with E-state index in [9.17, 15) is 4.79 Å². The van der Waals surface area contributed by atoms with Gasteiger partial charge in [0.1, 0.15) is 5.01 Å². The number of primary amides is 1. The molecule has 1 amide bonds. The first-order chi connectivity index (χ1) is 13.2. The molecular formula is C19H22N6OS. The first kappa shape index (κ1) is 17.8. The highest BCUT2D eigenvalue weighted by molar-refractivity contribution is 7.18. The van der Waals surface area contributed by atoms with Crippen LogP contribution in [-0.2, 0) is 6.54 Å². The number of nitrogens with two attached hydrogens (primary N) is 1. The number of piperidine rings is 1. The molecule has 0 unspecified atom stereocenters. The summed E-state index contributed by atoms with van der Waals surface area (Å²) in [7, 11) is 0. The van der Waals surface area contributed by atoms with Crippen molar-refractivity contribution >= 4 is 33.4 Å². The fraction of sp³-hybridized carbons (Fsp3) is 0.368. The number of carbonyl (C=O) groups excluding carboxylic acids is 1. The lowest BCUT2D eigenvalue weighted by atomic mass is 9.97. The lowest BCUT2D eigenvalue weighted by Crippen LogP contribution is -2.38. The first-order valence-corrected chi connectivity index (χ1v) is 9.92. The van der Waals surface area contributed by atoms with E-state index < -0.39 is 5.91 Å². The summed E-state index contributed by atoms with van der Waals surface area (Å²) in [6.45, 7) is 3.65. The van der Waals surface area contributed by atoms with Crippen molar-refractivity contribution in [1.29, 1.82) is 0 Å². The predicted molar refractivity (Wildman–Crippen MR) is 107 cm³/mol. The molecule has 1 aliphatic rings. The van der Waals surface area contributed by atoms with Gasteiger partial charge in [0.25, 0.3) is 5.91 Å². The van der Waals surface area contributed by atoms with Crippen LogP contribution >= 0.6 is 11.3 Å². The molecule has 27 heavy (non-hydrogen) atoms. The molecule has 0 bridgehead atoms. The number of fused-ring (bicyclic) bond motifs is 1. The van der Waals surface area contributed by atoms with Gasteiger partial charge in [-0.2, -0.15) is 0 Å². The number of para-hydroxylation sites is 1. The highest BCUT2D eigenvalue weighted by Gasteiger charge is 2.21. The number of carbonyl (C=O) groups is 1. The van der Waals surface area contributed by atoms with E-state index in [2.05, 4.69) is 43.4 Å². The summed E-state index contributed by atoms with van der Waals surface area (Å²) in [4.78, 5) is 26.5. The summed E-state index contributed by atoms with van der Waals surface area (Å²) in [6, 6.07) is 8.25. The van der Waals surface area contributed by atoms with Gasteiger partial charge in [-0.15, -0.1) is 11.3 Å². The van der Waals surface area contributed by atoms with Crippen LogP contribution in [0, 0.1) is 5.92 Å². The number of rotatable bonds is 6. The van der Waals surface area contributed by atoms with Crippen LogP contribution in [0.15, 0.2) is 36.7 Å². The Kier molecular flexibility index (Phi) is 5.26. The standard InChI is InChI=1S/C19H22N6OS/c20-18(26)14-10-22-19(23-11-14)25-7-5-13(6-8-25)9-21-12-17-24-15-3-1-2-4-16(15)27-17/h1-4,10-11,13,21H,5-9,12H2,(H2,20,26). The van der Waals surface area contributed by atoms with E-state index in [1.54, 1.807) is 11.3 Å². The summed E-state index contributed by atoms with van der Waals surface area (Å²) < 4.78 is 1.24. The number of thiazole rings is 1. The molecule has 1 aromatic carbocycles. The van der Waals surface area contributed by atoms with Gasteiger partial charge in [0.2, 0.25) is 5.95 Å². The maximum atomic E-state index is 11.1. The third-order valence-electron chi connectivity index (χ3n) is 4.87. The third kappa shape index (κ3) is 4.23. The molecule has 2 aromatic heterocycles. The molecule has 0 atom stereocenters. The molecule has 3 heterocycles. The van der Waals surface area contributed by atoms with E-state index in [1.165, 1.54) is 17.1 Å². The van der Waals surface area contributed by atoms with Crippen LogP contribution < -0.4 is 16.0 Å². The average Bonchev–Trinajstić information content (AvgIpc) is 3.11. The zero-order chi connectivity index (χ0) is 18.6. The van der Waals surface area contributed by atoms with Crippen molar-refractivity contribution in [3.8, 4) is 0 Å². The highest BCUT2D eigenvalue weighted by Crippen LogP contribution is 2.22. The van der Waals surface area contributed by atoms with Crippen LogP contribution in [0.3, 0.4) is 0 Å². The number of amides is 1. The van der Waals surface area contributed by atoms with Gasteiger partial charge in [-0.05, 0) is 37.4 Å². The Labute approximate surface area is 161 Å². The largest absolute Gasteiger partial charge is 0.366 e. The van der Waals surface area contributed by atoms with E-state index in [0.29, 0.717) is 17.4 Å². The smallest absolute Gasteiger partial charge is 0.251 e. The van der Waals surface area contributed by atoms with Gasteiger partial charge < -0.3 is 16.0 Å². The lowest BCUT2D eigenvalue weighted by Gasteiger charge is -2.32. The van der Waals surface area contributed by atoms with E-state index in [-0.39, 0.29) is 0 Å². The molecule has 1 fully saturated rings. The van der Waals surface area contributed by atoms with Crippen LogP contribution in [-0.4, -0.2) is 40.5 Å². The van der Waals surface area contributed by atoms with Crippen molar-refractivity contribution in [2.75, 3.05) is 24.5 Å². The summed E-state index contributed by atoms with van der Waals surface area (Å²) in [6.07, 6.45) is 5.17. The Morgan fingerprint density at radius 2 is 1.96 bits per heavy atom. The van der Waals surface area contributed by atoms with Gasteiger partial charge in [0, 0.05) is 32.0 Å². The van der Waals surface area contributed by atoms with Crippen molar-refractivity contribution in [3.63, 3.8) is 0 Å². The molecule has 0 radical (unpaired) electrons. The van der Waals surface area contributed by atoms with Crippen molar-refractivity contribution in [3.05, 3.63) is 47.2 Å². The fourth-order valence-electron chi connectivity index (χ4n) is 3.33. The monoisotopic (exact) mass is 382 g/mol. The van der Waals surface area contributed by atoms with Gasteiger partial charge in [0.15, 0.2) is 0 Å². The van der Waals surface area contributed by atoms with Gasteiger partial charge in [-0.1, -0.05) is 12.1 Å². The average molecular weight is 382 g/mol. The van der Waals surface area contributed by atoms with Crippen LogP contribution in [0.5, 0.6) is 0 Å². The number of benzene rings is 1. The number of anilines is 1. The van der Waals surface area contributed by atoms with Gasteiger partial charge >= 0.3 is 0 Å². The minimum absolute atomic E-state index is 0.340. The molecule has 3 N–H and O–H groups in total. The van der Waals surface area contributed by atoms with Crippen LogP contribution in [0.1, 0.15) is 28.2 Å². The fourth-order valence-corrected chi connectivity index (χ4v) is 4.26. The van der Waals surface area contributed by atoms with Crippen molar-refractivity contribution in [2.45, 2.75) is 19.4 Å². The number of nitrogens with one attached hydrogen (secondary N) is 1. The second-order valence-corrected chi connectivity index (χ2v) is 7.89. The molecule has 140 valence electrons. The van der Waals surface area contributed by atoms with Crippen molar-refractivity contribution in [1.82, 2.24) is 20.3 Å². The topological polar surface area (TPSA) is 97.0 Å². The molecule has 0 spiro atoms. The normalized spacial score (nSPS) is 15.3. The number of hydrogen-bond acceptors (Lipinski definition) is 7. The Bertz CT molecular complexity index is 884. The third-order valence-corrected chi connectivity index (χ3v) is 5.90. The SMILES string of the molecule is NC(=O)c1cnc(N2CCC(CNCc3nc4ccccc4s3)CC2)nc1. The van der Waals surface area contributed by atoms with Gasteiger partial charge in [-0.3, -0.25) is 4.79 Å². The molecule has 3 aromatic rings. The Morgan fingerprint density at radius 1 is 1.22 bits per heavy atom. The summed E-state index contributed by atoms with van der Waals surface area (Å²) >= 11 is 1.75. The summed E-state index contributed by atoms with van der Waals surface area (Å²) in [5.74, 6) is 0.806. The molecule has 8 heteroatoms. The molecule has 1 saturated heterocycles. The Morgan fingerprint density at radius 3 is 2.67 bits per heavy atom. The minimum Gasteiger partial charge on any atom is -0.366 e. The van der Waals surface area contributed by atoms with E-state index in [1.807, 2.05) is 6.07 Å². The number of aromatic nitrogens is 3. The van der Waals surface area contributed by atoms with Gasteiger partial charge in [0.05, 0.1) is 15.8 Å². The van der Waals surface area contributed by atoms with Crippen LogP contribution in [0.2, 0.25) is 0 Å². The van der Waals surface area contributed by atoms with Crippen molar-refractivity contribution < 1.29 is 4.79 Å². The Balaban J connectivity index is 1.24. The Hall–Kier alpha value is -2.58. The van der Waals surface area contributed by atoms with Gasteiger partial charge in [-0.25, -0.2) is 15.0 Å². The summed E-state index contributed by atoms with van der Waals surface area (Å²) in [5.41, 5.74) is 6.65. The van der Waals surface area contributed by atoms with Crippen LogP contribution in [0.25, 0.3) is 10.2 Å². The number of nitrogens with zero attached hydrogens (tertiary/aromatic N) is 4. The maximum Gasteiger partial charge on any atom is 0.251 e. The van der Waals surface area contributed by atoms with Crippen LogP contribution in [0.4, 0.5) is 5.95 Å². The second-order valence-electron chi connectivity index (χ2n) is 6.77. The molecular weight excluding hydrogens is 360 g/mol. The number of hydrogen-bond donors (Lipinski definition) is 2. The second kappa shape index (κ2) is 7.98. The first-order valence-electron chi connectivity index (χ1n) is 9.11. The van der Waals surface area contributed by atoms with E-state index in [0.717, 1.165) is 49.5 Å². The molecule has 0 aliphatic carbocycles. The van der Waals surface area contributed by atoms with E-state index in [4.69, 9.17) is 5.73 Å². The van der Waals surface area contributed by atoms with Crippen molar-refractivity contribution in [2.24, 2.45) is 11.7 Å². The summed E-state index contributed by atoms with van der Waals surface area (Å²) in [5, 5.41) is 4.69. The minimum atomic E-state index is -0.501. The zero-order valence-corrected chi connectivity index (χ0v) is 15.8. The zero-order valence-electron chi connectivity index (χ0n) is 15.0. The maximum absolute atomic E-state index is 11.1. The molecule has 0 saturated carbocycles. The quantitative estimate of drug-likeness (QED) is 0.678. The molecule has 1 aliphatic heterocycles. The predicted octanol–water partition coefficient (Wildman–Crippen LogP) is 2.19. The van der Waals surface area contributed by atoms with E-state index >= 15 is 0 Å². The molecule has 4 rings (SSSR count). The highest BCUT2D eigenvalue weighted by atomic mass is 32.1. The molecule has 7 nitrogen and oxygen atoms in total.